The zero-order chi connectivity index (χ0) is 10.7. The van der Waals surface area contributed by atoms with E-state index in [9.17, 15) is 4.79 Å². The molecular weight excluding hydrogens is 241 g/mol. The molecule has 2 nitrogen and oxygen atoms in total. The van der Waals surface area contributed by atoms with Gasteiger partial charge in [-0.3, -0.25) is 4.79 Å². The summed E-state index contributed by atoms with van der Waals surface area (Å²) in [5, 5.41) is 0.854. The Kier molecular flexibility index (Phi) is 4.11. The van der Waals surface area contributed by atoms with E-state index in [2.05, 4.69) is 0 Å². The summed E-state index contributed by atoms with van der Waals surface area (Å²) in [4.78, 5) is 11.6. The third-order valence-corrected chi connectivity index (χ3v) is 3.45. The van der Waals surface area contributed by atoms with Crippen LogP contribution in [0, 0.1) is 0 Å². The molecule has 0 aliphatic rings. The average molecular weight is 250 g/mol. The molecule has 76 valence electrons. The van der Waals surface area contributed by atoms with Gasteiger partial charge in [-0.05, 0) is 25.1 Å². The highest BCUT2D eigenvalue weighted by molar-refractivity contribution is 8.00. The monoisotopic (exact) mass is 249 g/mol. The molecule has 5 heteroatoms. The maximum Gasteiger partial charge on any atom is 0.230 e. The van der Waals surface area contributed by atoms with Gasteiger partial charge in [-0.15, -0.1) is 11.8 Å². The normalized spacial score (nSPS) is 12.5. The highest BCUT2D eigenvalue weighted by Crippen LogP contribution is 2.32. The minimum atomic E-state index is -0.369. The van der Waals surface area contributed by atoms with Crippen molar-refractivity contribution in [1.82, 2.24) is 0 Å². The maximum atomic E-state index is 10.8. The summed E-state index contributed by atoms with van der Waals surface area (Å²) in [6.45, 7) is 1.73. The van der Waals surface area contributed by atoms with Gasteiger partial charge in [0.2, 0.25) is 5.91 Å². The van der Waals surface area contributed by atoms with Gasteiger partial charge in [0.05, 0.1) is 10.3 Å². The molecule has 0 spiro atoms. The summed E-state index contributed by atoms with van der Waals surface area (Å²) in [6, 6.07) is 5.11. The van der Waals surface area contributed by atoms with Gasteiger partial charge in [0.15, 0.2) is 0 Å². The first-order valence-corrected chi connectivity index (χ1v) is 5.55. The zero-order valence-corrected chi connectivity index (χ0v) is 9.79. The maximum absolute atomic E-state index is 10.8. The summed E-state index contributed by atoms with van der Waals surface area (Å²) in [7, 11) is 0. The van der Waals surface area contributed by atoms with E-state index in [1.807, 2.05) is 0 Å². The van der Waals surface area contributed by atoms with Gasteiger partial charge in [-0.25, -0.2) is 0 Å². The molecular formula is C9H9Cl2NOS. The first-order valence-electron chi connectivity index (χ1n) is 3.91. The number of carbonyl (C=O) groups is 1. The molecule has 0 bridgehead atoms. The minimum absolute atomic E-state index is 0.314. The molecule has 1 unspecified atom stereocenters. The number of carbonyl (C=O) groups excluding carboxylic acids is 1. The van der Waals surface area contributed by atoms with Crippen molar-refractivity contribution in [3.05, 3.63) is 28.2 Å². The van der Waals surface area contributed by atoms with Crippen molar-refractivity contribution in [3.8, 4) is 0 Å². The predicted molar refractivity (Wildman–Crippen MR) is 61.0 cm³/mol. The van der Waals surface area contributed by atoms with Gasteiger partial charge in [0, 0.05) is 9.92 Å². The largest absolute Gasteiger partial charge is 0.369 e. The number of primary amides is 1. The Morgan fingerprint density at radius 1 is 1.50 bits per heavy atom. The van der Waals surface area contributed by atoms with Crippen LogP contribution in [0.3, 0.4) is 0 Å². The van der Waals surface area contributed by atoms with Crippen LogP contribution in [0.2, 0.25) is 10.0 Å². The van der Waals surface area contributed by atoms with E-state index in [1.54, 1.807) is 25.1 Å². The molecule has 0 heterocycles. The lowest BCUT2D eigenvalue weighted by atomic mass is 10.4. The van der Waals surface area contributed by atoms with E-state index >= 15 is 0 Å². The smallest absolute Gasteiger partial charge is 0.230 e. The van der Waals surface area contributed by atoms with Gasteiger partial charge in [-0.2, -0.15) is 0 Å². The number of hydrogen-bond donors (Lipinski definition) is 1. The molecule has 1 aromatic carbocycles. The van der Waals surface area contributed by atoms with Crippen molar-refractivity contribution in [1.29, 1.82) is 0 Å². The predicted octanol–water partition coefficient (Wildman–Crippen LogP) is 2.96. The standard InChI is InChI=1S/C9H9Cl2NOS/c1-5(9(12)13)14-8-4-6(10)2-3-7(8)11/h2-5H,1H3,(H2,12,13). The number of nitrogens with two attached hydrogens (primary N) is 1. The first-order chi connectivity index (χ1) is 6.50. The van der Waals surface area contributed by atoms with Crippen molar-refractivity contribution in [2.75, 3.05) is 0 Å². The molecule has 1 aromatic rings. The van der Waals surface area contributed by atoms with E-state index in [4.69, 9.17) is 28.9 Å². The number of amides is 1. The number of hydrogen-bond acceptors (Lipinski definition) is 2. The third-order valence-electron chi connectivity index (χ3n) is 1.60. The highest BCUT2D eigenvalue weighted by Gasteiger charge is 2.12. The molecule has 0 aliphatic heterocycles. The van der Waals surface area contributed by atoms with Crippen molar-refractivity contribution >= 4 is 40.9 Å². The second kappa shape index (κ2) is 4.91. The molecule has 0 saturated carbocycles. The number of benzene rings is 1. The first kappa shape index (κ1) is 11.7. The molecule has 0 radical (unpaired) electrons. The Labute approximate surface area is 96.8 Å². The van der Waals surface area contributed by atoms with Crippen LogP contribution in [-0.4, -0.2) is 11.2 Å². The molecule has 2 N–H and O–H groups in total. The van der Waals surface area contributed by atoms with Crippen molar-refractivity contribution in [2.24, 2.45) is 5.73 Å². The Balaban J connectivity index is 2.85. The van der Waals surface area contributed by atoms with Crippen LogP contribution >= 0.6 is 35.0 Å². The van der Waals surface area contributed by atoms with Crippen LogP contribution in [0.5, 0.6) is 0 Å². The molecule has 0 saturated heterocycles. The fourth-order valence-electron chi connectivity index (χ4n) is 0.816. The highest BCUT2D eigenvalue weighted by atomic mass is 35.5. The zero-order valence-electron chi connectivity index (χ0n) is 7.46. The van der Waals surface area contributed by atoms with Crippen molar-refractivity contribution < 1.29 is 4.79 Å². The Hall–Kier alpha value is -0.380. The molecule has 14 heavy (non-hydrogen) atoms. The SMILES string of the molecule is CC(Sc1cc(Cl)ccc1Cl)C(N)=O. The number of halogens is 2. The van der Waals surface area contributed by atoms with E-state index < -0.39 is 0 Å². The van der Waals surface area contributed by atoms with E-state index in [-0.39, 0.29) is 11.2 Å². The Morgan fingerprint density at radius 2 is 2.14 bits per heavy atom. The van der Waals surface area contributed by atoms with Crippen molar-refractivity contribution in [3.63, 3.8) is 0 Å². The molecule has 1 rings (SSSR count). The Bertz CT molecular complexity index is 357. The number of thioether (sulfide) groups is 1. The van der Waals surface area contributed by atoms with Crippen LogP contribution in [-0.2, 0) is 4.79 Å². The van der Waals surface area contributed by atoms with E-state index in [1.165, 1.54) is 11.8 Å². The lowest BCUT2D eigenvalue weighted by Gasteiger charge is -2.08. The van der Waals surface area contributed by atoms with Gasteiger partial charge in [-0.1, -0.05) is 23.2 Å². The summed E-state index contributed by atoms with van der Waals surface area (Å²) in [5.74, 6) is -0.369. The van der Waals surface area contributed by atoms with Crippen LogP contribution < -0.4 is 5.73 Å². The van der Waals surface area contributed by atoms with Crippen LogP contribution in [0.25, 0.3) is 0 Å². The van der Waals surface area contributed by atoms with Crippen LogP contribution in [0.15, 0.2) is 23.1 Å². The van der Waals surface area contributed by atoms with Crippen LogP contribution in [0.1, 0.15) is 6.92 Å². The summed E-state index contributed by atoms with van der Waals surface area (Å²) >= 11 is 13.0. The average Bonchev–Trinajstić information content (AvgIpc) is 2.11. The Morgan fingerprint density at radius 3 is 2.71 bits per heavy atom. The summed E-state index contributed by atoms with van der Waals surface area (Å²) < 4.78 is 0. The van der Waals surface area contributed by atoms with Gasteiger partial charge in [0.25, 0.3) is 0 Å². The lowest BCUT2D eigenvalue weighted by molar-refractivity contribution is -0.117. The summed E-state index contributed by atoms with van der Waals surface area (Å²) in [5.41, 5.74) is 5.14. The second-order valence-corrected chi connectivity index (χ2v) is 4.96. The molecule has 0 aliphatic carbocycles. The fraction of sp³-hybridized carbons (Fsp3) is 0.222. The fourth-order valence-corrected chi connectivity index (χ4v) is 2.18. The third kappa shape index (κ3) is 3.08. The summed E-state index contributed by atoms with van der Waals surface area (Å²) in [6.07, 6.45) is 0. The van der Waals surface area contributed by atoms with Gasteiger partial charge < -0.3 is 5.73 Å². The molecule has 0 aromatic heterocycles. The lowest BCUT2D eigenvalue weighted by Crippen LogP contribution is -2.22. The quantitative estimate of drug-likeness (QED) is 0.838. The van der Waals surface area contributed by atoms with Gasteiger partial charge >= 0.3 is 0 Å². The van der Waals surface area contributed by atoms with E-state index in [0.717, 1.165) is 4.90 Å². The minimum Gasteiger partial charge on any atom is -0.369 e. The van der Waals surface area contributed by atoms with Crippen LogP contribution in [0.4, 0.5) is 0 Å². The van der Waals surface area contributed by atoms with Crippen molar-refractivity contribution in [2.45, 2.75) is 17.1 Å². The number of rotatable bonds is 3. The van der Waals surface area contributed by atoms with Gasteiger partial charge in [0.1, 0.15) is 0 Å². The van der Waals surface area contributed by atoms with E-state index in [0.29, 0.717) is 10.0 Å². The second-order valence-electron chi connectivity index (χ2n) is 2.74. The molecule has 1 atom stereocenters. The molecule has 1 amide bonds. The topological polar surface area (TPSA) is 43.1 Å². The molecule has 0 fully saturated rings.